The van der Waals surface area contributed by atoms with Crippen LogP contribution in [0.2, 0.25) is 0 Å². The maximum atomic E-state index is 13.9. The highest BCUT2D eigenvalue weighted by Crippen LogP contribution is 2.29. The average molecular weight is 303 g/mol. The van der Waals surface area contributed by atoms with Gasteiger partial charge in [0.2, 0.25) is 5.91 Å². The van der Waals surface area contributed by atoms with Gasteiger partial charge in [0.15, 0.2) is 0 Å². The maximum Gasteiger partial charge on any atom is 0.230 e. The van der Waals surface area contributed by atoms with Crippen molar-refractivity contribution in [3.8, 4) is 11.3 Å². The molecule has 0 saturated carbocycles. The normalized spacial score (nSPS) is 21.5. The Labute approximate surface area is 127 Å². The first-order valence-electron chi connectivity index (χ1n) is 7.37. The van der Waals surface area contributed by atoms with Gasteiger partial charge >= 0.3 is 0 Å². The van der Waals surface area contributed by atoms with E-state index in [2.05, 4.69) is 15.5 Å². The number of amides is 1. The molecule has 2 aromatic rings. The number of anilines is 1. The number of hydrogen-bond acceptors (Lipinski definition) is 3. The maximum absolute atomic E-state index is 13.9. The van der Waals surface area contributed by atoms with Crippen molar-refractivity contribution in [1.29, 1.82) is 0 Å². The topological polar surface area (TPSA) is 67.0 Å². The molecule has 1 aromatic heterocycles. The molecule has 0 bridgehead atoms. The number of H-pyrrole nitrogens is 1. The summed E-state index contributed by atoms with van der Waals surface area (Å²) in [4.78, 5) is 12.4. The van der Waals surface area contributed by atoms with Gasteiger partial charge in [-0.3, -0.25) is 9.89 Å². The van der Waals surface area contributed by atoms with E-state index < -0.39 is 0 Å². The third kappa shape index (κ3) is 2.87. The Morgan fingerprint density at radius 3 is 3.05 bits per heavy atom. The Kier molecular flexibility index (Phi) is 4.20. The summed E-state index contributed by atoms with van der Waals surface area (Å²) in [5.74, 6) is -0.681. The zero-order valence-corrected chi connectivity index (χ0v) is 12.3. The van der Waals surface area contributed by atoms with Gasteiger partial charge in [-0.05, 0) is 31.9 Å². The van der Waals surface area contributed by atoms with E-state index in [4.69, 9.17) is 4.74 Å². The first-order chi connectivity index (χ1) is 10.7. The van der Waals surface area contributed by atoms with Crippen LogP contribution in [0.3, 0.4) is 0 Å². The summed E-state index contributed by atoms with van der Waals surface area (Å²) in [5.41, 5.74) is 1.33. The summed E-state index contributed by atoms with van der Waals surface area (Å²) in [7, 11) is 0. The molecule has 1 fully saturated rings. The molecule has 0 spiro atoms. The zero-order valence-electron chi connectivity index (χ0n) is 12.3. The highest BCUT2D eigenvalue weighted by atomic mass is 19.1. The van der Waals surface area contributed by atoms with Gasteiger partial charge in [-0.2, -0.15) is 5.10 Å². The molecule has 6 heteroatoms. The summed E-state index contributed by atoms with van der Waals surface area (Å²) in [6.07, 6.45) is 3.04. The number of ether oxygens (including phenoxy) is 1. The zero-order chi connectivity index (χ0) is 15.5. The van der Waals surface area contributed by atoms with Crippen molar-refractivity contribution in [3.05, 3.63) is 36.3 Å². The first-order valence-corrected chi connectivity index (χ1v) is 7.37. The van der Waals surface area contributed by atoms with Crippen molar-refractivity contribution in [2.75, 3.05) is 11.9 Å². The molecule has 2 N–H and O–H groups in total. The summed E-state index contributed by atoms with van der Waals surface area (Å²) in [6, 6.07) is 6.38. The van der Waals surface area contributed by atoms with Gasteiger partial charge < -0.3 is 10.1 Å². The minimum absolute atomic E-state index is 0.113. The lowest BCUT2D eigenvalue weighted by molar-refractivity contribution is -0.127. The second-order valence-corrected chi connectivity index (χ2v) is 5.45. The Hall–Kier alpha value is -2.21. The smallest absolute Gasteiger partial charge is 0.230 e. The van der Waals surface area contributed by atoms with Crippen LogP contribution >= 0.6 is 0 Å². The van der Waals surface area contributed by atoms with E-state index in [1.165, 1.54) is 12.3 Å². The van der Waals surface area contributed by atoms with Crippen LogP contribution in [0.1, 0.15) is 19.8 Å². The van der Waals surface area contributed by atoms with E-state index in [9.17, 15) is 9.18 Å². The second-order valence-electron chi connectivity index (χ2n) is 5.45. The standard InChI is InChI=1S/C16H18FN3O2/c1-10-11(6-4-8-22-10)16(21)19-14-9-18-20-15(14)12-5-2-3-7-13(12)17/h2-3,5,7,9-11H,4,6,8H2,1H3,(H,18,20)(H,19,21). The molecule has 1 aliphatic rings. The lowest BCUT2D eigenvalue weighted by Gasteiger charge is -2.27. The van der Waals surface area contributed by atoms with Crippen LogP contribution in [0, 0.1) is 11.7 Å². The van der Waals surface area contributed by atoms with E-state index in [0.717, 1.165) is 12.8 Å². The van der Waals surface area contributed by atoms with Crippen molar-refractivity contribution >= 4 is 11.6 Å². The number of rotatable bonds is 3. The minimum atomic E-state index is -0.364. The van der Waals surface area contributed by atoms with Gasteiger partial charge in [0.1, 0.15) is 5.82 Å². The van der Waals surface area contributed by atoms with E-state index in [1.807, 2.05) is 6.92 Å². The molecule has 1 amide bonds. The molecular formula is C16H18FN3O2. The molecular weight excluding hydrogens is 285 g/mol. The van der Waals surface area contributed by atoms with Crippen LogP contribution in [0.4, 0.5) is 10.1 Å². The van der Waals surface area contributed by atoms with Crippen molar-refractivity contribution in [2.45, 2.75) is 25.9 Å². The van der Waals surface area contributed by atoms with Crippen LogP contribution in [-0.4, -0.2) is 28.8 Å². The van der Waals surface area contributed by atoms with Crippen LogP contribution in [0.15, 0.2) is 30.5 Å². The fourth-order valence-electron chi connectivity index (χ4n) is 2.74. The summed E-state index contributed by atoms with van der Waals surface area (Å²) in [6.45, 7) is 2.59. The van der Waals surface area contributed by atoms with Crippen LogP contribution in [0.25, 0.3) is 11.3 Å². The Morgan fingerprint density at radius 1 is 1.45 bits per heavy atom. The highest BCUT2D eigenvalue weighted by Gasteiger charge is 2.29. The lowest BCUT2D eigenvalue weighted by Crippen LogP contribution is -2.36. The van der Waals surface area contributed by atoms with Gasteiger partial charge in [-0.1, -0.05) is 12.1 Å². The fraction of sp³-hybridized carbons (Fsp3) is 0.375. The third-order valence-corrected chi connectivity index (χ3v) is 3.98. The molecule has 2 atom stereocenters. The summed E-state index contributed by atoms with van der Waals surface area (Å²) in [5, 5.41) is 9.50. The van der Waals surface area contributed by atoms with Gasteiger partial charge in [0.05, 0.1) is 29.6 Å². The summed E-state index contributed by atoms with van der Waals surface area (Å²) < 4.78 is 19.4. The van der Waals surface area contributed by atoms with Gasteiger partial charge in [0, 0.05) is 12.2 Å². The number of carbonyl (C=O) groups excluding carboxylic acids is 1. The van der Waals surface area contributed by atoms with Crippen molar-refractivity contribution < 1.29 is 13.9 Å². The quantitative estimate of drug-likeness (QED) is 0.916. The lowest BCUT2D eigenvalue weighted by atomic mass is 9.94. The SMILES string of the molecule is CC1OCCCC1C(=O)Nc1cn[nH]c1-c1ccccc1F. The van der Waals surface area contributed by atoms with E-state index in [0.29, 0.717) is 23.6 Å². The number of aromatic amines is 1. The predicted octanol–water partition coefficient (Wildman–Crippen LogP) is 2.97. The van der Waals surface area contributed by atoms with E-state index >= 15 is 0 Å². The second kappa shape index (κ2) is 6.27. The number of halogens is 1. The molecule has 1 aliphatic heterocycles. The third-order valence-electron chi connectivity index (χ3n) is 3.98. The number of nitrogens with zero attached hydrogens (tertiary/aromatic N) is 1. The number of hydrogen-bond donors (Lipinski definition) is 2. The predicted molar refractivity (Wildman–Crippen MR) is 80.7 cm³/mol. The number of aromatic nitrogens is 2. The van der Waals surface area contributed by atoms with Crippen LogP contribution in [0.5, 0.6) is 0 Å². The van der Waals surface area contributed by atoms with Gasteiger partial charge in [0.25, 0.3) is 0 Å². The molecule has 3 rings (SSSR count). The number of carbonyl (C=O) groups is 1. The van der Waals surface area contributed by atoms with Crippen LogP contribution < -0.4 is 5.32 Å². The first kappa shape index (κ1) is 14.7. The Morgan fingerprint density at radius 2 is 2.27 bits per heavy atom. The molecule has 0 radical (unpaired) electrons. The highest BCUT2D eigenvalue weighted by molar-refractivity contribution is 5.96. The average Bonchev–Trinajstić information content (AvgIpc) is 2.96. The molecule has 0 aliphatic carbocycles. The molecule has 2 unspecified atom stereocenters. The number of benzene rings is 1. The van der Waals surface area contributed by atoms with Crippen molar-refractivity contribution in [3.63, 3.8) is 0 Å². The molecule has 116 valence electrons. The van der Waals surface area contributed by atoms with Gasteiger partial charge in [-0.15, -0.1) is 0 Å². The molecule has 5 nitrogen and oxygen atoms in total. The Bertz CT molecular complexity index is 671. The molecule has 22 heavy (non-hydrogen) atoms. The largest absolute Gasteiger partial charge is 0.378 e. The molecule has 2 heterocycles. The Balaban J connectivity index is 1.81. The van der Waals surface area contributed by atoms with Crippen LogP contribution in [-0.2, 0) is 9.53 Å². The van der Waals surface area contributed by atoms with E-state index in [-0.39, 0.29) is 23.7 Å². The number of nitrogens with one attached hydrogen (secondary N) is 2. The fourth-order valence-corrected chi connectivity index (χ4v) is 2.74. The monoisotopic (exact) mass is 303 g/mol. The van der Waals surface area contributed by atoms with E-state index in [1.54, 1.807) is 18.2 Å². The van der Waals surface area contributed by atoms with Crippen molar-refractivity contribution in [1.82, 2.24) is 10.2 Å². The van der Waals surface area contributed by atoms with Crippen molar-refractivity contribution in [2.24, 2.45) is 5.92 Å². The molecule has 1 saturated heterocycles. The molecule has 1 aromatic carbocycles. The summed E-state index contributed by atoms with van der Waals surface area (Å²) >= 11 is 0. The van der Waals surface area contributed by atoms with Gasteiger partial charge in [-0.25, -0.2) is 4.39 Å². The minimum Gasteiger partial charge on any atom is -0.378 e.